The summed E-state index contributed by atoms with van der Waals surface area (Å²) in [6.45, 7) is 5.77. The van der Waals surface area contributed by atoms with Crippen molar-refractivity contribution in [1.82, 2.24) is 0 Å². The van der Waals surface area contributed by atoms with Crippen molar-refractivity contribution in [3.63, 3.8) is 0 Å². The SMILES string of the molecule is CC1(C)CCCN1c1ccc(CCl)c(Br)c1. The Kier molecular flexibility index (Phi) is 3.50. The van der Waals surface area contributed by atoms with Crippen LogP contribution < -0.4 is 4.90 Å². The number of rotatable bonds is 2. The minimum atomic E-state index is 0.280. The second-order valence-corrected chi connectivity index (χ2v) is 6.10. The summed E-state index contributed by atoms with van der Waals surface area (Å²) in [4.78, 5) is 2.48. The van der Waals surface area contributed by atoms with Gasteiger partial charge in [0.2, 0.25) is 0 Å². The topological polar surface area (TPSA) is 3.24 Å². The fraction of sp³-hybridized carbons (Fsp3) is 0.538. The Morgan fingerprint density at radius 1 is 1.44 bits per heavy atom. The van der Waals surface area contributed by atoms with Crippen molar-refractivity contribution in [3.05, 3.63) is 28.2 Å². The molecule has 0 radical (unpaired) electrons. The summed E-state index contributed by atoms with van der Waals surface area (Å²) < 4.78 is 1.11. The standard InChI is InChI=1S/C13H17BrClN/c1-13(2)6-3-7-16(13)11-5-4-10(9-15)12(14)8-11/h4-5,8H,3,6-7,9H2,1-2H3. The number of hydrogen-bond donors (Lipinski definition) is 0. The molecule has 1 aromatic carbocycles. The fourth-order valence-corrected chi connectivity index (χ4v) is 3.30. The van der Waals surface area contributed by atoms with Gasteiger partial charge < -0.3 is 4.90 Å². The monoisotopic (exact) mass is 301 g/mol. The summed E-state index contributed by atoms with van der Waals surface area (Å²) in [6, 6.07) is 6.47. The van der Waals surface area contributed by atoms with Gasteiger partial charge in [-0.05, 0) is 44.4 Å². The predicted molar refractivity (Wildman–Crippen MR) is 74.4 cm³/mol. The normalized spacial score (nSPS) is 19.1. The van der Waals surface area contributed by atoms with Crippen molar-refractivity contribution in [2.24, 2.45) is 0 Å². The summed E-state index contributed by atoms with van der Waals surface area (Å²) in [5.74, 6) is 0.560. The molecular formula is C13H17BrClN. The second-order valence-electron chi connectivity index (χ2n) is 4.98. The molecule has 0 aromatic heterocycles. The molecule has 88 valence electrons. The average Bonchev–Trinajstić information content (AvgIpc) is 2.58. The number of halogens is 2. The van der Waals surface area contributed by atoms with E-state index < -0.39 is 0 Å². The van der Waals surface area contributed by atoms with Crippen LogP contribution in [0.4, 0.5) is 5.69 Å². The van der Waals surface area contributed by atoms with E-state index in [0.717, 1.165) is 16.6 Å². The lowest BCUT2D eigenvalue weighted by Crippen LogP contribution is -2.38. The number of benzene rings is 1. The number of hydrogen-bond acceptors (Lipinski definition) is 1. The van der Waals surface area contributed by atoms with E-state index in [9.17, 15) is 0 Å². The number of anilines is 1. The third-order valence-corrected chi connectivity index (χ3v) is 4.42. The second kappa shape index (κ2) is 4.58. The van der Waals surface area contributed by atoms with Gasteiger partial charge in [-0.3, -0.25) is 0 Å². The van der Waals surface area contributed by atoms with Crippen LogP contribution in [0.3, 0.4) is 0 Å². The van der Waals surface area contributed by atoms with Crippen LogP contribution in [0.5, 0.6) is 0 Å². The van der Waals surface area contributed by atoms with Crippen molar-refractivity contribution in [3.8, 4) is 0 Å². The van der Waals surface area contributed by atoms with Crippen molar-refractivity contribution < 1.29 is 0 Å². The summed E-state index contributed by atoms with van der Waals surface area (Å²) in [5, 5.41) is 0. The Bertz CT molecular complexity index is 390. The van der Waals surface area contributed by atoms with Crippen LogP contribution in [0.1, 0.15) is 32.3 Å². The van der Waals surface area contributed by atoms with Crippen molar-refractivity contribution >= 4 is 33.2 Å². The average molecular weight is 303 g/mol. The van der Waals surface area contributed by atoms with Crippen LogP contribution >= 0.6 is 27.5 Å². The van der Waals surface area contributed by atoms with Gasteiger partial charge >= 0.3 is 0 Å². The van der Waals surface area contributed by atoms with Crippen LogP contribution in [-0.2, 0) is 5.88 Å². The molecule has 2 rings (SSSR count). The quantitative estimate of drug-likeness (QED) is 0.724. The third kappa shape index (κ3) is 2.23. The van der Waals surface area contributed by atoms with Crippen molar-refractivity contribution in [2.75, 3.05) is 11.4 Å². The Hall–Kier alpha value is -0.210. The molecule has 0 spiro atoms. The molecule has 0 N–H and O–H groups in total. The fourth-order valence-electron chi connectivity index (χ4n) is 2.40. The van der Waals surface area contributed by atoms with Gasteiger partial charge in [0.25, 0.3) is 0 Å². The van der Waals surface area contributed by atoms with E-state index in [1.807, 2.05) is 0 Å². The minimum absolute atomic E-state index is 0.280. The van der Waals surface area contributed by atoms with E-state index in [0.29, 0.717) is 5.88 Å². The molecule has 1 nitrogen and oxygen atoms in total. The van der Waals surface area contributed by atoms with Crippen molar-refractivity contribution in [2.45, 2.75) is 38.1 Å². The highest BCUT2D eigenvalue weighted by atomic mass is 79.9. The lowest BCUT2D eigenvalue weighted by Gasteiger charge is -2.34. The first kappa shape index (κ1) is 12.3. The molecular weight excluding hydrogens is 286 g/mol. The maximum absolute atomic E-state index is 5.86. The molecule has 0 saturated carbocycles. The molecule has 0 bridgehead atoms. The Morgan fingerprint density at radius 2 is 2.19 bits per heavy atom. The lowest BCUT2D eigenvalue weighted by atomic mass is 10.0. The molecule has 0 amide bonds. The first-order valence-corrected chi connectivity index (χ1v) is 6.99. The molecule has 0 atom stereocenters. The van der Waals surface area contributed by atoms with Gasteiger partial charge in [0, 0.05) is 28.1 Å². The van der Waals surface area contributed by atoms with Gasteiger partial charge in [0.05, 0.1) is 0 Å². The van der Waals surface area contributed by atoms with Crippen LogP contribution in [-0.4, -0.2) is 12.1 Å². The highest BCUT2D eigenvalue weighted by Gasteiger charge is 2.31. The third-order valence-electron chi connectivity index (χ3n) is 3.39. The van der Waals surface area contributed by atoms with Crippen LogP contribution in [0.15, 0.2) is 22.7 Å². The zero-order chi connectivity index (χ0) is 11.8. The number of nitrogens with zero attached hydrogens (tertiary/aromatic N) is 1. The zero-order valence-corrected chi connectivity index (χ0v) is 12.1. The lowest BCUT2D eigenvalue weighted by molar-refractivity contribution is 0.518. The largest absolute Gasteiger partial charge is 0.366 e. The van der Waals surface area contributed by atoms with Gasteiger partial charge in [-0.25, -0.2) is 0 Å². The van der Waals surface area contributed by atoms with E-state index in [2.05, 4.69) is 52.9 Å². The summed E-state index contributed by atoms with van der Waals surface area (Å²) in [7, 11) is 0. The maximum Gasteiger partial charge on any atom is 0.0485 e. The Morgan fingerprint density at radius 3 is 2.69 bits per heavy atom. The molecule has 0 aliphatic carbocycles. The van der Waals surface area contributed by atoms with E-state index in [1.165, 1.54) is 18.5 Å². The smallest absolute Gasteiger partial charge is 0.0485 e. The maximum atomic E-state index is 5.86. The number of alkyl halides is 1. The molecule has 3 heteroatoms. The van der Waals surface area contributed by atoms with E-state index in [1.54, 1.807) is 0 Å². The molecule has 1 aliphatic heterocycles. The molecule has 1 aliphatic rings. The van der Waals surface area contributed by atoms with E-state index >= 15 is 0 Å². The first-order valence-electron chi connectivity index (χ1n) is 5.66. The Balaban J connectivity index is 2.31. The summed E-state index contributed by atoms with van der Waals surface area (Å²) in [6.07, 6.45) is 2.55. The first-order chi connectivity index (χ1) is 7.54. The molecule has 0 unspecified atom stereocenters. The van der Waals surface area contributed by atoms with Crippen LogP contribution in [0.2, 0.25) is 0 Å². The molecule has 1 fully saturated rings. The van der Waals surface area contributed by atoms with Gasteiger partial charge in [-0.2, -0.15) is 0 Å². The Labute approximate surface area is 111 Å². The van der Waals surface area contributed by atoms with Crippen LogP contribution in [0.25, 0.3) is 0 Å². The highest BCUT2D eigenvalue weighted by Crippen LogP contribution is 2.35. The minimum Gasteiger partial charge on any atom is -0.366 e. The van der Waals surface area contributed by atoms with Gasteiger partial charge in [-0.15, -0.1) is 11.6 Å². The highest BCUT2D eigenvalue weighted by molar-refractivity contribution is 9.10. The summed E-state index contributed by atoms with van der Waals surface area (Å²) in [5.41, 5.74) is 2.73. The van der Waals surface area contributed by atoms with Gasteiger partial charge in [0.15, 0.2) is 0 Å². The molecule has 1 saturated heterocycles. The summed E-state index contributed by atoms with van der Waals surface area (Å²) >= 11 is 9.44. The molecule has 1 heterocycles. The molecule has 16 heavy (non-hydrogen) atoms. The van der Waals surface area contributed by atoms with Crippen molar-refractivity contribution in [1.29, 1.82) is 0 Å². The van der Waals surface area contributed by atoms with Gasteiger partial charge in [-0.1, -0.05) is 22.0 Å². The zero-order valence-electron chi connectivity index (χ0n) is 9.76. The van der Waals surface area contributed by atoms with Gasteiger partial charge in [0.1, 0.15) is 0 Å². The molecule has 1 aromatic rings. The van der Waals surface area contributed by atoms with E-state index in [-0.39, 0.29) is 5.54 Å². The van der Waals surface area contributed by atoms with E-state index in [4.69, 9.17) is 11.6 Å². The van der Waals surface area contributed by atoms with Crippen LogP contribution in [0, 0.1) is 0 Å². The predicted octanol–water partition coefficient (Wildman–Crippen LogP) is 4.57.